The second-order valence-corrected chi connectivity index (χ2v) is 3.54. The van der Waals surface area contributed by atoms with Gasteiger partial charge < -0.3 is 5.73 Å². The molecule has 0 fully saturated rings. The van der Waals surface area contributed by atoms with Crippen LogP contribution in [0.4, 0.5) is 8.78 Å². The standard InChI is InChI=1S/C7H15F2N/c1-7(2,3)5(4-10)6(8)9/h5-6H,4,10H2,1-3H3. The molecular formula is C7H15F2N. The van der Waals surface area contributed by atoms with Gasteiger partial charge in [0.15, 0.2) is 0 Å². The van der Waals surface area contributed by atoms with Crippen LogP contribution in [0.2, 0.25) is 0 Å². The van der Waals surface area contributed by atoms with E-state index in [-0.39, 0.29) is 12.0 Å². The summed E-state index contributed by atoms with van der Waals surface area (Å²) in [5, 5.41) is 0. The highest BCUT2D eigenvalue weighted by atomic mass is 19.3. The quantitative estimate of drug-likeness (QED) is 0.640. The summed E-state index contributed by atoms with van der Waals surface area (Å²) in [6, 6.07) is 0. The van der Waals surface area contributed by atoms with Gasteiger partial charge in [0.1, 0.15) is 0 Å². The fourth-order valence-electron chi connectivity index (χ4n) is 0.834. The fourth-order valence-corrected chi connectivity index (χ4v) is 0.834. The second kappa shape index (κ2) is 3.28. The SMILES string of the molecule is CC(C)(C)C(CN)C(F)F. The summed E-state index contributed by atoms with van der Waals surface area (Å²) in [7, 11) is 0. The Morgan fingerprint density at radius 2 is 1.70 bits per heavy atom. The Bertz CT molecular complexity index is 96.3. The van der Waals surface area contributed by atoms with Gasteiger partial charge in [0.25, 0.3) is 0 Å². The van der Waals surface area contributed by atoms with Gasteiger partial charge in [-0.15, -0.1) is 0 Å². The number of halogens is 2. The van der Waals surface area contributed by atoms with E-state index in [0.29, 0.717) is 0 Å². The van der Waals surface area contributed by atoms with Crippen molar-refractivity contribution in [3.05, 3.63) is 0 Å². The van der Waals surface area contributed by atoms with Gasteiger partial charge in [-0.05, 0) is 5.41 Å². The van der Waals surface area contributed by atoms with E-state index in [1.807, 2.05) is 0 Å². The van der Waals surface area contributed by atoms with Crippen molar-refractivity contribution < 1.29 is 8.78 Å². The molecule has 0 amide bonds. The van der Waals surface area contributed by atoms with Crippen LogP contribution in [-0.4, -0.2) is 13.0 Å². The summed E-state index contributed by atoms with van der Waals surface area (Å²) in [6.07, 6.45) is -2.30. The molecule has 1 nitrogen and oxygen atoms in total. The Kier molecular flexibility index (Phi) is 3.22. The molecule has 62 valence electrons. The van der Waals surface area contributed by atoms with Crippen molar-refractivity contribution in [2.75, 3.05) is 6.54 Å². The molecule has 0 spiro atoms. The van der Waals surface area contributed by atoms with E-state index in [9.17, 15) is 8.78 Å². The fraction of sp³-hybridized carbons (Fsp3) is 1.00. The summed E-state index contributed by atoms with van der Waals surface area (Å²) in [6.45, 7) is 5.38. The van der Waals surface area contributed by atoms with Gasteiger partial charge in [-0.1, -0.05) is 20.8 Å². The van der Waals surface area contributed by atoms with Crippen molar-refractivity contribution in [2.24, 2.45) is 17.1 Å². The molecule has 0 aromatic heterocycles. The van der Waals surface area contributed by atoms with Gasteiger partial charge in [0.2, 0.25) is 6.43 Å². The zero-order valence-corrected chi connectivity index (χ0v) is 6.70. The van der Waals surface area contributed by atoms with Crippen LogP contribution < -0.4 is 5.73 Å². The minimum Gasteiger partial charge on any atom is -0.330 e. The van der Waals surface area contributed by atoms with Crippen molar-refractivity contribution in [1.82, 2.24) is 0 Å². The molecule has 1 unspecified atom stereocenters. The summed E-state index contributed by atoms with van der Waals surface area (Å²) in [5.41, 5.74) is 4.79. The van der Waals surface area contributed by atoms with Crippen molar-refractivity contribution in [1.29, 1.82) is 0 Å². The van der Waals surface area contributed by atoms with E-state index in [0.717, 1.165) is 0 Å². The molecule has 3 heteroatoms. The molecule has 10 heavy (non-hydrogen) atoms. The zero-order valence-electron chi connectivity index (χ0n) is 6.70. The van der Waals surface area contributed by atoms with Crippen LogP contribution in [0.5, 0.6) is 0 Å². The van der Waals surface area contributed by atoms with Crippen LogP contribution >= 0.6 is 0 Å². The predicted molar refractivity (Wildman–Crippen MR) is 38.0 cm³/mol. The number of rotatable bonds is 2. The Balaban J connectivity index is 4.07. The van der Waals surface area contributed by atoms with Gasteiger partial charge in [-0.3, -0.25) is 0 Å². The van der Waals surface area contributed by atoms with Crippen molar-refractivity contribution in [3.63, 3.8) is 0 Å². The summed E-state index contributed by atoms with van der Waals surface area (Å²) in [5.74, 6) is -0.688. The van der Waals surface area contributed by atoms with E-state index >= 15 is 0 Å². The van der Waals surface area contributed by atoms with Crippen molar-refractivity contribution in [2.45, 2.75) is 27.2 Å². The monoisotopic (exact) mass is 151 g/mol. The van der Waals surface area contributed by atoms with Crippen LogP contribution in [0.3, 0.4) is 0 Å². The second-order valence-electron chi connectivity index (χ2n) is 3.54. The van der Waals surface area contributed by atoms with Gasteiger partial charge >= 0.3 is 0 Å². The Hall–Kier alpha value is -0.180. The van der Waals surface area contributed by atoms with Crippen molar-refractivity contribution in [3.8, 4) is 0 Å². The lowest BCUT2D eigenvalue weighted by atomic mass is 9.81. The highest BCUT2D eigenvalue weighted by Crippen LogP contribution is 2.29. The molecule has 0 aliphatic heterocycles. The van der Waals surface area contributed by atoms with E-state index in [2.05, 4.69) is 0 Å². The normalized spacial score (nSPS) is 15.9. The van der Waals surface area contributed by atoms with Crippen molar-refractivity contribution >= 4 is 0 Å². The number of nitrogens with two attached hydrogens (primary N) is 1. The smallest absolute Gasteiger partial charge is 0.243 e. The molecule has 0 rings (SSSR count). The first-order chi connectivity index (χ1) is 4.39. The number of alkyl halides is 2. The third kappa shape index (κ3) is 2.60. The molecule has 0 aromatic rings. The average molecular weight is 151 g/mol. The minimum atomic E-state index is -2.30. The molecule has 0 aromatic carbocycles. The third-order valence-corrected chi connectivity index (χ3v) is 1.67. The van der Waals surface area contributed by atoms with Crippen LogP contribution in [0.1, 0.15) is 20.8 Å². The largest absolute Gasteiger partial charge is 0.330 e. The Labute approximate surface area is 60.6 Å². The Morgan fingerprint density at radius 3 is 1.70 bits per heavy atom. The first-order valence-corrected chi connectivity index (χ1v) is 3.37. The predicted octanol–water partition coefficient (Wildman–Crippen LogP) is 1.87. The summed E-state index contributed by atoms with van der Waals surface area (Å²) < 4.78 is 24.2. The van der Waals surface area contributed by atoms with E-state index < -0.39 is 12.3 Å². The van der Waals surface area contributed by atoms with E-state index in [4.69, 9.17) is 5.73 Å². The van der Waals surface area contributed by atoms with E-state index in [1.54, 1.807) is 20.8 Å². The highest BCUT2D eigenvalue weighted by molar-refractivity contribution is 4.76. The minimum absolute atomic E-state index is 0.0567. The van der Waals surface area contributed by atoms with Crippen LogP contribution in [-0.2, 0) is 0 Å². The van der Waals surface area contributed by atoms with Crippen LogP contribution in [0, 0.1) is 11.3 Å². The molecule has 0 bridgehead atoms. The van der Waals surface area contributed by atoms with Crippen LogP contribution in [0.15, 0.2) is 0 Å². The van der Waals surface area contributed by atoms with Gasteiger partial charge in [0.05, 0.1) is 0 Å². The maximum atomic E-state index is 12.1. The highest BCUT2D eigenvalue weighted by Gasteiger charge is 2.30. The molecule has 0 radical (unpaired) electrons. The molecule has 0 saturated heterocycles. The zero-order chi connectivity index (χ0) is 8.36. The first-order valence-electron chi connectivity index (χ1n) is 3.37. The maximum absolute atomic E-state index is 12.1. The molecule has 0 saturated carbocycles. The molecule has 0 heterocycles. The van der Waals surface area contributed by atoms with Gasteiger partial charge in [-0.25, -0.2) is 8.78 Å². The van der Waals surface area contributed by atoms with Gasteiger partial charge in [-0.2, -0.15) is 0 Å². The topological polar surface area (TPSA) is 26.0 Å². The molecular weight excluding hydrogens is 136 g/mol. The third-order valence-electron chi connectivity index (χ3n) is 1.67. The lowest BCUT2D eigenvalue weighted by Gasteiger charge is -2.28. The first kappa shape index (κ1) is 9.82. The maximum Gasteiger partial charge on any atom is 0.243 e. The molecule has 0 aliphatic carbocycles. The lowest BCUT2D eigenvalue weighted by Crippen LogP contribution is -2.33. The Morgan fingerprint density at radius 1 is 1.30 bits per heavy atom. The van der Waals surface area contributed by atoms with Crippen LogP contribution in [0.25, 0.3) is 0 Å². The van der Waals surface area contributed by atoms with Gasteiger partial charge in [0, 0.05) is 12.5 Å². The molecule has 0 aliphatic rings. The summed E-state index contributed by atoms with van der Waals surface area (Å²) >= 11 is 0. The number of hydrogen-bond acceptors (Lipinski definition) is 1. The molecule has 2 N–H and O–H groups in total. The summed E-state index contributed by atoms with van der Waals surface area (Å²) in [4.78, 5) is 0. The average Bonchev–Trinajstić information content (AvgIpc) is 1.60. The van der Waals surface area contributed by atoms with E-state index in [1.165, 1.54) is 0 Å². The number of hydrogen-bond donors (Lipinski definition) is 1. The molecule has 1 atom stereocenters. The lowest BCUT2D eigenvalue weighted by molar-refractivity contribution is 0.0216.